The van der Waals surface area contributed by atoms with Crippen LogP contribution in [0.5, 0.6) is 0 Å². The maximum atomic E-state index is 11.9. The van der Waals surface area contributed by atoms with Crippen LogP contribution in [0.15, 0.2) is 11.1 Å². The van der Waals surface area contributed by atoms with Crippen molar-refractivity contribution in [3.63, 3.8) is 0 Å². The number of hydrogen-bond acceptors (Lipinski definition) is 4. The van der Waals surface area contributed by atoms with Gasteiger partial charge in [0.2, 0.25) is 10.0 Å². The minimum Gasteiger partial charge on any atom is -0.369 e. The number of sulfonamides is 1. The zero-order valence-corrected chi connectivity index (χ0v) is 25.1. The molecule has 4 aliphatic carbocycles. The number of likely N-dealkylation sites (tertiary alicyclic amines) is 1. The highest BCUT2D eigenvalue weighted by molar-refractivity contribution is 7.88. The van der Waals surface area contributed by atoms with Gasteiger partial charge in [-0.25, -0.2) is 13.1 Å². The van der Waals surface area contributed by atoms with Gasteiger partial charge < -0.3 is 4.74 Å². The summed E-state index contributed by atoms with van der Waals surface area (Å²) in [6, 6.07) is 0.724. The zero-order valence-electron chi connectivity index (χ0n) is 24.3. The Hall–Kier alpha value is -0.430. The molecule has 6 heteroatoms. The summed E-state index contributed by atoms with van der Waals surface area (Å²) in [5, 5.41) is 0. The summed E-state index contributed by atoms with van der Waals surface area (Å²) in [5.74, 6) is 4.31. The van der Waals surface area contributed by atoms with E-state index in [4.69, 9.17) is 4.74 Å². The van der Waals surface area contributed by atoms with E-state index >= 15 is 0 Å². The van der Waals surface area contributed by atoms with E-state index in [0.29, 0.717) is 29.4 Å². The lowest BCUT2D eigenvalue weighted by molar-refractivity contribution is -0.0807. The lowest BCUT2D eigenvalue weighted by Crippen LogP contribution is -2.51. The molecule has 6 aliphatic rings. The molecule has 0 aromatic heterocycles. The molecule has 2 saturated heterocycles. The predicted molar refractivity (Wildman–Crippen MR) is 156 cm³/mol. The van der Waals surface area contributed by atoms with E-state index in [0.717, 1.165) is 49.5 Å². The van der Waals surface area contributed by atoms with Crippen molar-refractivity contribution in [3.8, 4) is 0 Å². The Labute approximate surface area is 231 Å². The van der Waals surface area contributed by atoms with Gasteiger partial charge in [0.25, 0.3) is 0 Å². The first-order valence-electron chi connectivity index (χ1n) is 15.5. The average Bonchev–Trinajstić information content (AvgIpc) is 3.28. The van der Waals surface area contributed by atoms with E-state index in [1.54, 1.807) is 11.1 Å². The molecule has 216 valence electrons. The van der Waals surface area contributed by atoms with Crippen LogP contribution in [0, 0.1) is 40.9 Å². The molecule has 1 N–H and O–H groups in total. The Kier molecular flexibility index (Phi) is 6.74. The molecule has 2 unspecified atom stereocenters. The lowest BCUT2D eigenvalue weighted by Gasteiger charge is -2.54. The molecule has 0 aromatic rings. The first-order valence-corrected chi connectivity index (χ1v) is 17.4. The van der Waals surface area contributed by atoms with Crippen molar-refractivity contribution in [1.82, 2.24) is 9.62 Å². The van der Waals surface area contributed by atoms with Gasteiger partial charge in [-0.15, -0.1) is 0 Å². The molecular weight excluding hydrogens is 480 g/mol. The Morgan fingerprint density at radius 1 is 1.14 bits per heavy atom. The van der Waals surface area contributed by atoms with Crippen molar-refractivity contribution in [3.05, 3.63) is 11.1 Å². The van der Waals surface area contributed by atoms with Crippen molar-refractivity contribution in [2.24, 2.45) is 40.9 Å². The van der Waals surface area contributed by atoms with Crippen molar-refractivity contribution in [1.29, 1.82) is 0 Å². The molecule has 11 atom stereocenters. The SMILES string of the molecule is CCN1C[C@@H](C)C[C@H]2O[C@]3(CCC4C(=C(C)C3)CC3[C@H]4CC[C@@H]4C[C@H](NS(C)(=O)=O)CC[C@]34C)[C@H](C)[C@@H]21.[HH].[HH].[HH]. The molecule has 3 saturated carbocycles. The zero-order chi connectivity index (χ0) is 26.3. The van der Waals surface area contributed by atoms with Gasteiger partial charge in [0.1, 0.15) is 0 Å². The number of ether oxygens (including phenoxy) is 1. The van der Waals surface area contributed by atoms with Crippen LogP contribution in [0.4, 0.5) is 0 Å². The van der Waals surface area contributed by atoms with Gasteiger partial charge in [-0.05, 0) is 113 Å². The number of rotatable bonds is 3. The molecule has 5 nitrogen and oxygen atoms in total. The maximum Gasteiger partial charge on any atom is 0.208 e. The molecule has 6 rings (SSSR count). The monoisotopic (exact) mass is 538 g/mol. The van der Waals surface area contributed by atoms with Crippen molar-refractivity contribution in [2.75, 3.05) is 19.3 Å². The Balaban J connectivity index is 0.00000147. The first-order chi connectivity index (χ1) is 17.4. The van der Waals surface area contributed by atoms with Gasteiger partial charge in [0.05, 0.1) is 18.0 Å². The van der Waals surface area contributed by atoms with Crippen LogP contribution in [0.1, 0.15) is 103 Å². The fourth-order valence-electron chi connectivity index (χ4n) is 11.0. The van der Waals surface area contributed by atoms with Gasteiger partial charge in [-0.2, -0.15) is 0 Å². The summed E-state index contributed by atoms with van der Waals surface area (Å²) in [6.07, 6.45) is 13.7. The number of piperidine rings is 1. The molecule has 2 aliphatic heterocycles. The van der Waals surface area contributed by atoms with Crippen LogP contribution < -0.4 is 4.72 Å². The fraction of sp³-hybridized carbons (Fsp3) is 0.935. The third kappa shape index (κ3) is 4.39. The average molecular weight is 539 g/mol. The fourth-order valence-corrected chi connectivity index (χ4v) is 11.8. The number of hydrogen-bond donors (Lipinski definition) is 1. The smallest absolute Gasteiger partial charge is 0.208 e. The van der Waals surface area contributed by atoms with E-state index in [1.807, 2.05) is 0 Å². The maximum absolute atomic E-state index is 11.9. The summed E-state index contributed by atoms with van der Waals surface area (Å²) in [5.41, 5.74) is 3.85. The molecule has 0 bridgehead atoms. The van der Waals surface area contributed by atoms with Crippen LogP contribution in [0.2, 0.25) is 0 Å². The van der Waals surface area contributed by atoms with E-state index in [-0.39, 0.29) is 15.9 Å². The second-order valence-electron chi connectivity index (χ2n) is 14.7. The van der Waals surface area contributed by atoms with Crippen LogP contribution in [-0.4, -0.2) is 56.5 Å². The molecule has 0 amide bonds. The standard InChI is InChI=1S/C31H52N2O3S.3H2/c1-7-33-18-19(2)14-28-29(33)21(4)31(36-28)13-11-24-25-9-8-22-15-23(32-37(6,34)35)10-12-30(22,5)27(25)16-26(24)20(3)17-31;;;/h19,21-25,27-29,32H,7-18H2,1-6H3;3*1H/t19-,21+,22+,23+,24?,25-,27?,28+,29-,30-,31-;;;/m0.../s1. The number of fused-ring (bicyclic) bond motifs is 6. The molecular formula is C31H58N2O3S. The second-order valence-corrected chi connectivity index (χ2v) is 16.5. The summed E-state index contributed by atoms with van der Waals surface area (Å²) in [7, 11) is -3.13. The van der Waals surface area contributed by atoms with Gasteiger partial charge in [-0.1, -0.05) is 38.8 Å². The van der Waals surface area contributed by atoms with E-state index in [9.17, 15) is 8.42 Å². The minimum absolute atomic E-state index is 0. The van der Waals surface area contributed by atoms with Crippen LogP contribution in [0.3, 0.4) is 0 Å². The van der Waals surface area contributed by atoms with Crippen molar-refractivity contribution >= 4 is 10.0 Å². The van der Waals surface area contributed by atoms with E-state index in [2.05, 4.69) is 44.2 Å². The molecule has 0 radical (unpaired) electrons. The third-order valence-electron chi connectivity index (χ3n) is 12.6. The number of nitrogens with one attached hydrogen (secondary N) is 1. The summed E-state index contributed by atoms with van der Waals surface area (Å²) in [4.78, 5) is 2.74. The predicted octanol–water partition coefficient (Wildman–Crippen LogP) is 6.50. The van der Waals surface area contributed by atoms with Crippen LogP contribution in [0.25, 0.3) is 0 Å². The minimum atomic E-state index is -3.13. The third-order valence-corrected chi connectivity index (χ3v) is 13.4. The van der Waals surface area contributed by atoms with E-state index in [1.165, 1.54) is 57.7 Å². The lowest BCUT2D eigenvalue weighted by atomic mass is 9.52. The molecule has 37 heavy (non-hydrogen) atoms. The van der Waals surface area contributed by atoms with Crippen molar-refractivity contribution in [2.45, 2.75) is 123 Å². The van der Waals surface area contributed by atoms with Gasteiger partial charge in [0, 0.05) is 28.8 Å². The number of nitrogens with zero attached hydrogens (tertiary/aromatic N) is 1. The quantitative estimate of drug-likeness (QED) is 0.417. The van der Waals surface area contributed by atoms with Gasteiger partial charge in [0.15, 0.2) is 0 Å². The van der Waals surface area contributed by atoms with Gasteiger partial charge in [-0.3, -0.25) is 4.90 Å². The highest BCUT2D eigenvalue weighted by atomic mass is 32.2. The van der Waals surface area contributed by atoms with E-state index < -0.39 is 10.0 Å². The topological polar surface area (TPSA) is 58.6 Å². The Bertz CT molecular complexity index is 1060. The summed E-state index contributed by atoms with van der Waals surface area (Å²) >= 11 is 0. The largest absolute Gasteiger partial charge is 0.369 e. The highest BCUT2D eigenvalue weighted by Gasteiger charge is 2.60. The molecule has 2 heterocycles. The van der Waals surface area contributed by atoms with Gasteiger partial charge >= 0.3 is 0 Å². The second kappa shape index (κ2) is 9.31. The normalized spacial score (nSPS) is 50.4. The summed E-state index contributed by atoms with van der Waals surface area (Å²) < 4.78 is 33.9. The first kappa shape index (κ1) is 26.8. The highest BCUT2D eigenvalue weighted by Crippen LogP contribution is 2.65. The molecule has 5 fully saturated rings. The van der Waals surface area contributed by atoms with Crippen LogP contribution >= 0.6 is 0 Å². The molecule has 0 aromatic carbocycles. The Morgan fingerprint density at radius 3 is 2.65 bits per heavy atom. The number of likely N-dealkylation sites (N-methyl/N-ethyl adjacent to an activating group) is 1. The molecule has 1 spiro atoms. The van der Waals surface area contributed by atoms with Crippen LogP contribution in [-0.2, 0) is 14.8 Å². The van der Waals surface area contributed by atoms with Crippen molar-refractivity contribution < 1.29 is 17.4 Å². The number of allylic oxidation sites excluding steroid dienone is 1. The summed E-state index contributed by atoms with van der Waals surface area (Å²) in [6.45, 7) is 14.7. The Morgan fingerprint density at radius 2 is 1.92 bits per heavy atom.